The molecule has 0 saturated heterocycles. The van der Waals surface area contributed by atoms with Gasteiger partial charge in [0.05, 0.1) is 6.04 Å². The van der Waals surface area contributed by atoms with E-state index in [4.69, 9.17) is 0 Å². The number of hydrogen-bond acceptors (Lipinski definition) is 4. The van der Waals surface area contributed by atoms with E-state index in [1.807, 2.05) is 30.5 Å². The Morgan fingerprint density at radius 1 is 1.45 bits per heavy atom. The Labute approximate surface area is 122 Å². The Kier molecular flexibility index (Phi) is 3.80. The number of amides is 1. The van der Waals surface area contributed by atoms with Crippen LogP contribution in [0.3, 0.4) is 0 Å². The molecule has 1 aliphatic heterocycles. The predicted molar refractivity (Wildman–Crippen MR) is 80.9 cm³/mol. The highest BCUT2D eigenvalue weighted by molar-refractivity contribution is 7.09. The van der Waals surface area contributed by atoms with Gasteiger partial charge in [0.25, 0.3) is 0 Å². The van der Waals surface area contributed by atoms with Crippen LogP contribution in [0.25, 0.3) is 0 Å². The lowest BCUT2D eigenvalue weighted by molar-refractivity contribution is -0.118. The van der Waals surface area contributed by atoms with Crippen molar-refractivity contribution in [2.24, 2.45) is 0 Å². The lowest BCUT2D eigenvalue weighted by atomic mass is 10.1. The molecule has 1 amide bonds. The monoisotopic (exact) mass is 287 g/mol. The number of rotatable bonds is 3. The first-order chi connectivity index (χ1) is 9.72. The number of fused-ring (bicyclic) bond motifs is 1. The largest absolute Gasteiger partial charge is 0.324 e. The van der Waals surface area contributed by atoms with E-state index in [2.05, 4.69) is 21.7 Å². The summed E-state index contributed by atoms with van der Waals surface area (Å²) in [6, 6.07) is 7.83. The van der Waals surface area contributed by atoms with Crippen molar-refractivity contribution in [3.63, 3.8) is 0 Å². The Balaban J connectivity index is 1.65. The zero-order valence-electron chi connectivity index (χ0n) is 11.3. The van der Waals surface area contributed by atoms with Crippen LogP contribution in [0.5, 0.6) is 0 Å². The van der Waals surface area contributed by atoms with Crippen molar-refractivity contribution in [3.05, 3.63) is 45.9 Å². The number of para-hydroxylation sites is 1. The molecule has 1 atom stereocenters. The number of anilines is 1. The van der Waals surface area contributed by atoms with Crippen molar-refractivity contribution < 1.29 is 4.79 Å². The molecule has 0 aliphatic carbocycles. The van der Waals surface area contributed by atoms with Gasteiger partial charge in [-0.05, 0) is 31.4 Å². The highest BCUT2D eigenvalue weighted by atomic mass is 32.1. The first-order valence-electron chi connectivity index (χ1n) is 6.75. The SMILES string of the molecule is Cc1csc(CNC2CCc3ccccc3NC2=O)n1. The van der Waals surface area contributed by atoms with Crippen LogP contribution < -0.4 is 10.6 Å². The average molecular weight is 287 g/mol. The van der Waals surface area contributed by atoms with Gasteiger partial charge in [0, 0.05) is 23.3 Å². The summed E-state index contributed by atoms with van der Waals surface area (Å²) in [5.74, 6) is 0.0447. The smallest absolute Gasteiger partial charge is 0.241 e. The van der Waals surface area contributed by atoms with E-state index in [0.29, 0.717) is 6.54 Å². The van der Waals surface area contributed by atoms with E-state index in [-0.39, 0.29) is 11.9 Å². The second-order valence-electron chi connectivity index (χ2n) is 5.00. The molecule has 1 aromatic heterocycles. The van der Waals surface area contributed by atoms with E-state index in [1.54, 1.807) is 11.3 Å². The fraction of sp³-hybridized carbons (Fsp3) is 0.333. The number of aryl methyl sites for hydroxylation is 2. The topological polar surface area (TPSA) is 54.0 Å². The van der Waals surface area contributed by atoms with Crippen molar-refractivity contribution in [2.45, 2.75) is 32.4 Å². The standard InChI is InChI=1S/C15H17N3OS/c1-10-9-20-14(17-10)8-16-13-7-6-11-4-2-3-5-12(11)18-15(13)19/h2-5,9,13,16H,6-8H2,1H3,(H,18,19). The first kappa shape index (κ1) is 13.3. The summed E-state index contributed by atoms with van der Waals surface area (Å²) in [5, 5.41) is 9.36. The summed E-state index contributed by atoms with van der Waals surface area (Å²) in [6.45, 7) is 2.63. The van der Waals surface area contributed by atoms with Gasteiger partial charge in [-0.1, -0.05) is 18.2 Å². The minimum absolute atomic E-state index is 0.0447. The van der Waals surface area contributed by atoms with Gasteiger partial charge in [0.2, 0.25) is 5.91 Å². The zero-order chi connectivity index (χ0) is 13.9. The normalized spacial score (nSPS) is 18.2. The van der Waals surface area contributed by atoms with Crippen molar-refractivity contribution in [1.82, 2.24) is 10.3 Å². The Bertz CT molecular complexity index is 623. The van der Waals surface area contributed by atoms with Gasteiger partial charge in [0.15, 0.2) is 0 Å². The van der Waals surface area contributed by atoms with Crippen LogP contribution in [0, 0.1) is 6.92 Å². The van der Waals surface area contributed by atoms with Crippen molar-refractivity contribution >= 4 is 22.9 Å². The van der Waals surface area contributed by atoms with Crippen LogP contribution in [-0.2, 0) is 17.8 Å². The summed E-state index contributed by atoms with van der Waals surface area (Å²) < 4.78 is 0. The van der Waals surface area contributed by atoms with E-state index < -0.39 is 0 Å². The molecule has 1 unspecified atom stereocenters. The number of benzene rings is 1. The van der Waals surface area contributed by atoms with Gasteiger partial charge >= 0.3 is 0 Å². The number of nitrogens with one attached hydrogen (secondary N) is 2. The van der Waals surface area contributed by atoms with Crippen LogP contribution in [0.1, 0.15) is 22.7 Å². The lowest BCUT2D eigenvalue weighted by Gasteiger charge is -2.14. The van der Waals surface area contributed by atoms with Crippen LogP contribution in [0.4, 0.5) is 5.69 Å². The molecule has 0 fully saturated rings. The molecule has 2 heterocycles. The quantitative estimate of drug-likeness (QED) is 0.912. The molecule has 4 nitrogen and oxygen atoms in total. The number of thiazole rings is 1. The molecule has 0 saturated carbocycles. The first-order valence-corrected chi connectivity index (χ1v) is 7.63. The lowest BCUT2D eigenvalue weighted by Crippen LogP contribution is -2.39. The Hall–Kier alpha value is -1.72. The maximum atomic E-state index is 12.2. The van der Waals surface area contributed by atoms with Gasteiger partial charge in [0.1, 0.15) is 5.01 Å². The zero-order valence-corrected chi connectivity index (χ0v) is 12.2. The third kappa shape index (κ3) is 2.89. The fourth-order valence-electron chi connectivity index (χ4n) is 2.40. The summed E-state index contributed by atoms with van der Waals surface area (Å²) in [6.07, 6.45) is 1.72. The molecule has 2 aromatic rings. The molecule has 0 spiro atoms. The number of hydrogen-bond donors (Lipinski definition) is 2. The Morgan fingerprint density at radius 3 is 3.10 bits per heavy atom. The second kappa shape index (κ2) is 5.73. The van der Waals surface area contributed by atoms with Gasteiger partial charge < -0.3 is 5.32 Å². The van der Waals surface area contributed by atoms with Crippen LogP contribution in [0.15, 0.2) is 29.6 Å². The van der Waals surface area contributed by atoms with Crippen molar-refractivity contribution in [1.29, 1.82) is 0 Å². The minimum atomic E-state index is -0.161. The molecule has 0 radical (unpaired) electrons. The average Bonchev–Trinajstić information content (AvgIpc) is 2.78. The van der Waals surface area contributed by atoms with E-state index in [1.165, 1.54) is 5.56 Å². The third-order valence-electron chi connectivity index (χ3n) is 3.46. The van der Waals surface area contributed by atoms with Gasteiger partial charge in [-0.3, -0.25) is 10.1 Å². The highest BCUT2D eigenvalue weighted by Crippen LogP contribution is 2.21. The molecular weight excluding hydrogens is 270 g/mol. The molecule has 5 heteroatoms. The van der Waals surface area contributed by atoms with Gasteiger partial charge in [-0.2, -0.15) is 0 Å². The van der Waals surface area contributed by atoms with Gasteiger partial charge in [-0.15, -0.1) is 11.3 Å². The highest BCUT2D eigenvalue weighted by Gasteiger charge is 2.22. The molecule has 1 aromatic carbocycles. The molecule has 20 heavy (non-hydrogen) atoms. The number of aromatic nitrogens is 1. The number of carbonyl (C=O) groups excluding carboxylic acids is 1. The maximum Gasteiger partial charge on any atom is 0.241 e. The summed E-state index contributed by atoms with van der Waals surface area (Å²) in [5.41, 5.74) is 3.17. The van der Waals surface area contributed by atoms with E-state index in [9.17, 15) is 4.79 Å². The van der Waals surface area contributed by atoms with Crippen LogP contribution in [0.2, 0.25) is 0 Å². The van der Waals surface area contributed by atoms with Crippen LogP contribution >= 0.6 is 11.3 Å². The number of carbonyl (C=O) groups is 1. The Morgan fingerprint density at radius 2 is 2.30 bits per heavy atom. The molecular formula is C15H17N3OS. The minimum Gasteiger partial charge on any atom is -0.324 e. The molecule has 1 aliphatic rings. The fourth-order valence-corrected chi connectivity index (χ4v) is 3.12. The van der Waals surface area contributed by atoms with E-state index >= 15 is 0 Å². The number of nitrogens with zero attached hydrogens (tertiary/aromatic N) is 1. The van der Waals surface area contributed by atoms with Gasteiger partial charge in [-0.25, -0.2) is 4.98 Å². The molecule has 0 bridgehead atoms. The summed E-state index contributed by atoms with van der Waals surface area (Å²) in [7, 11) is 0. The predicted octanol–water partition coefficient (Wildman–Crippen LogP) is 2.49. The summed E-state index contributed by atoms with van der Waals surface area (Å²) >= 11 is 1.63. The van der Waals surface area contributed by atoms with Crippen molar-refractivity contribution in [2.75, 3.05) is 5.32 Å². The van der Waals surface area contributed by atoms with E-state index in [0.717, 1.165) is 29.2 Å². The van der Waals surface area contributed by atoms with Crippen LogP contribution in [-0.4, -0.2) is 16.9 Å². The second-order valence-corrected chi connectivity index (χ2v) is 5.94. The molecule has 104 valence electrons. The third-order valence-corrected chi connectivity index (χ3v) is 4.43. The molecule has 3 rings (SSSR count). The molecule has 2 N–H and O–H groups in total. The maximum absolute atomic E-state index is 12.2. The van der Waals surface area contributed by atoms with Crippen molar-refractivity contribution in [3.8, 4) is 0 Å². The summed E-state index contributed by atoms with van der Waals surface area (Å²) in [4.78, 5) is 16.6.